The quantitative estimate of drug-likeness (QED) is 0.732. The summed E-state index contributed by atoms with van der Waals surface area (Å²) in [6, 6.07) is 0. The Hall–Kier alpha value is -1.11. The summed E-state index contributed by atoms with van der Waals surface area (Å²) in [5, 5.41) is 4.24. The summed E-state index contributed by atoms with van der Waals surface area (Å²) in [5.74, 6) is -1.78. The molecule has 0 aliphatic carbocycles. The van der Waals surface area contributed by atoms with Gasteiger partial charge in [0, 0.05) is 6.54 Å². The zero-order valence-electron chi connectivity index (χ0n) is 9.38. The topological polar surface area (TPSA) is 35.9 Å². The number of carbonyl (C=O) groups is 1. The molecule has 92 valence electrons. The fourth-order valence-corrected chi connectivity index (χ4v) is 1.36. The average molecular weight is 237 g/mol. The van der Waals surface area contributed by atoms with Crippen LogP contribution in [0.3, 0.4) is 0 Å². The minimum Gasteiger partial charge on any atom is -0.308 e. The van der Waals surface area contributed by atoms with Crippen LogP contribution >= 0.6 is 0 Å². The van der Waals surface area contributed by atoms with Crippen molar-refractivity contribution in [3.05, 3.63) is 0 Å². The second-order valence-corrected chi connectivity index (χ2v) is 3.97. The van der Waals surface area contributed by atoms with Crippen LogP contribution in [0.2, 0.25) is 0 Å². The van der Waals surface area contributed by atoms with E-state index in [9.17, 15) is 18.0 Å². The Bertz CT molecular complexity index is 312. The number of alkyl halides is 3. The van der Waals surface area contributed by atoms with Gasteiger partial charge in [-0.2, -0.15) is 18.3 Å². The van der Waals surface area contributed by atoms with Gasteiger partial charge < -0.3 is 4.90 Å². The first kappa shape index (κ1) is 13.0. The van der Waals surface area contributed by atoms with E-state index in [1.165, 1.54) is 6.92 Å². The molecule has 0 aromatic rings. The van der Waals surface area contributed by atoms with Crippen LogP contribution in [0.4, 0.5) is 13.2 Å². The van der Waals surface area contributed by atoms with Gasteiger partial charge in [0.05, 0.1) is 12.5 Å². The summed E-state index contributed by atoms with van der Waals surface area (Å²) in [5.41, 5.74) is -1.00. The molecule has 4 nitrogen and oxygen atoms in total. The van der Waals surface area contributed by atoms with Gasteiger partial charge in [-0.3, -0.25) is 4.79 Å². The molecule has 1 rings (SSSR count). The molecule has 1 heterocycles. The second-order valence-electron chi connectivity index (χ2n) is 3.97. The molecule has 0 radical (unpaired) electrons. The predicted molar refractivity (Wildman–Crippen MR) is 52.9 cm³/mol. The Kier molecular flexibility index (Phi) is 3.57. The van der Waals surface area contributed by atoms with Gasteiger partial charge in [0.2, 0.25) is 0 Å². The van der Waals surface area contributed by atoms with E-state index in [1.54, 1.807) is 19.0 Å². The highest BCUT2D eigenvalue weighted by Crippen LogP contribution is 2.28. The summed E-state index contributed by atoms with van der Waals surface area (Å²) in [4.78, 5) is 13.2. The first-order valence-electron chi connectivity index (χ1n) is 4.85. The van der Waals surface area contributed by atoms with Gasteiger partial charge in [-0.05, 0) is 21.0 Å². The normalized spacial score (nSPS) is 21.9. The van der Waals surface area contributed by atoms with E-state index in [2.05, 4.69) is 5.10 Å². The molecule has 0 fully saturated rings. The lowest BCUT2D eigenvalue weighted by atomic mass is 10.1. The monoisotopic (exact) mass is 237 g/mol. The van der Waals surface area contributed by atoms with Crippen molar-refractivity contribution in [3.63, 3.8) is 0 Å². The number of rotatable bonds is 3. The standard InChI is InChI=1S/C9H14F3N3O/c1-6-7(9(10,11)12)13-15(8(6)16)5-4-14(2)3/h6H,4-5H2,1-3H3. The van der Waals surface area contributed by atoms with Crippen LogP contribution in [0.15, 0.2) is 5.10 Å². The van der Waals surface area contributed by atoms with Gasteiger partial charge in [0.1, 0.15) is 0 Å². The molecule has 16 heavy (non-hydrogen) atoms. The summed E-state index contributed by atoms with van der Waals surface area (Å²) in [6.45, 7) is 1.88. The summed E-state index contributed by atoms with van der Waals surface area (Å²) >= 11 is 0. The highest BCUT2D eigenvalue weighted by atomic mass is 19.4. The van der Waals surface area contributed by atoms with Crippen molar-refractivity contribution in [2.75, 3.05) is 27.2 Å². The van der Waals surface area contributed by atoms with Crippen LogP contribution in [0, 0.1) is 5.92 Å². The minimum absolute atomic E-state index is 0.176. The number of hydrogen-bond donors (Lipinski definition) is 0. The van der Waals surface area contributed by atoms with E-state index < -0.39 is 23.7 Å². The van der Waals surface area contributed by atoms with E-state index in [1.807, 2.05) is 0 Å². The fourth-order valence-electron chi connectivity index (χ4n) is 1.36. The van der Waals surface area contributed by atoms with Crippen molar-refractivity contribution in [3.8, 4) is 0 Å². The Labute approximate surface area is 91.7 Å². The highest BCUT2D eigenvalue weighted by Gasteiger charge is 2.47. The molecule has 7 heteroatoms. The van der Waals surface area contributed by atoms with Gasteiger partial charge in [0.25, 0.3) is 5.91 Å². The van der Waals surface area contributed by atoms with Crippen LogP contribution in [0.25, 0.3) is 0 Å². The molecule has 0 spiro atoms. The first-order chi connectivity index (χ1) is 7.23. The molecular formula is C9H14F3N3O. The molecular weight excluding hydrogens is 223 g/mol. The van der Waals surface area contributed by atoms with Crippen molar-refractivity contribution >= 4 is 11.6 Å². The zero-order valence-corrected chi connectivity index (χ0v) is 9.38. The van der Waals surface area contributed by atoms with E-state index in [0.29, 0.717) is 6.54 Å². The molecule has 0 aromatic heterocycles. The van der Waals surface area contributed by atoms with Crippen LogP contribution in [-0.2, 0) is 4.79 Å². The molecule has 0 bridgehead atoms. The molecule has 1 atom stereocenters. The van der Waals surface area contributed by atoms with Crippen molar-refractivity contribution in [1.82, 2.24) is 9.91 Å². The maximum atomic E-state index is 12.4. The maximum Gasteiger partial charge on any atom is 0.431 e. The second kappa shape index (κ2) is 4.40. The Morgan fingerprint density at radius 2 is 2.00 bits per heavy atom. The Balaban J connectivity index is 2.75. The minimum atomic E-state index is -4.53. The van der Waals surface area contributed by atoms with Gasteiger partial charge >= 0.3 is 6.18 Å². The van der Waals surface area contributed by atoms with Crippen LogP contribution in [-0.4, -0.2) is 54.9 Å². The third-order valence-electron chi connectivity index (χ3n) is 2.31. The molecule has 1 aliphatic heterocycles. The summed E-state index contributed by atoms with van der Waals surface area (Å²) in [6.07, 6.45) is -4.53. The lowest BCUT2D eigenvalue weighted by molar-refractivity contribution is -0.131. The average Bonchev–Trinajstić information content (AvgIpc) is 2.40. The fraction of sp³-hybridized carbons (Fsp3) is 0.778. The SMILES string of the molecule is CC1C(=O)N(CCN(C)C)N=C1C(F)(F)F. The van der Waals surface area contributed by atoms with Crippen molar-refractivity contribution < 1.29 is 18.0 Å². The predicted octanol–water partition coefficient (Wildman–Crippen LogP) is 0.945. The molecule has 1 unspecified atom stereocenters. The number of amides is 1. The number of nitrogens with zero attached hydrogens (tertiary/aromatic N) is 3. The van der Waals surface area contributed by atoms with Gasteiger partial charge in [-0.1, -0.05) is 0 Å². The Morgan fingerprint density at radius 1 is 1.44 bits per heavy atom. The number of likely N-dealkylation sites (N-methyl/N-ethyl adjacent to an activating group) is 1. The van der Waals surface area contributed by atoms with Crippen LogP contribution in [0.5, 0.6) is 0 Å². The third-order valence-corrected chi connectivity index (χ3v) is 2.31. The molecule has 1 amide bonds. The smallest absolute Gasteiger partial charge is 0.308 e. The van der Waals surface area contributed by atoms with Crippen LogP contribution in [0.1, 0.15) is 6.92 Å². The van der Waals surface area contributed by atoms with Gasteiger partial charge in [-0.15, -0.1) is 0 Å². The molecule has 0 saturated carbocycles. The van der Waals surface area contributed by atoms with Crippen molar-refractivity contribution in [1.29, 1.82) is 0 Å². The van der Waals surface area contributed by atoms with Crippen molar-refractivity contribution in [2.24, 2.45) is 11.0 Å². The maximum absolute atomic E-state index is 12.4. The van der Waals surface area contributed by atoms with E-state index in [-0.39, 0.29) is 6.54 Å². The highest BCUT2D eigenvalue weighted by molar-refractivity contribution is 6.10. The van der Waals surface area contributed by atoms with E-state index >= 15 is 0 Å². The number of hydrogen-bond acceptors (Lipinski definition) is 3. The van der Waals surface area contributed by atoms with Gasteiger partial charge in [-0.25, -0.2) is 5.01 Å². The molecule has 0 saturated heterocycles. The molecule has 0 aromatic carbocycles. The number of hydrazone groups is 1. The molecule has 1 aliphatic rings. The van der Waals surface area contributed by atoms with E-state index in [4.69, 9.17) is 0 Å². The van der Waals surface area contributed by atoms with E-state index in [0.717, 1.165) is 5.01 Å². The lowest BCUT2D eigenvalue weighted by Crippen LogP contribution is -2.33. The van der Waals surface area contributed by atoms with Crippen molar-refractivity contribution in [2.45, 2.75) is 13.1 Å². The number of carbonyl (C=O) groups excluding carboxylic acids is 1. The Morgan fingerprint density at radius 3 is 2.38 bits per heavy atom. The summed E-state index contributed by atoms with van der Waals surface area (Å²) < 4.78 is 37.3. The first-order valence-corrected chi connectivity index (χ1v) is 4.85. The summed E-state index contributed by atoms with van der Waals surface area (Å²) in [7, 11) is 3.55. The van der Waals surface area contributed by atoms with Crippen LogP contribution < -0.4 is 0 Å². The molecule has 0 N–H and O–H groups in total. The third kappa shape index (κ3) is 2.72. The largest absolute Gasteiger partial charge is 0.431 e. The lowest BCUT2D eigenvalue weighted by Gasteiger charge is -2.15. The van der Waals surface area contributed by atoms with Gasteiger partial charge in [0.15, 0.2) is 5.71 Å². The zero-order chi connectivity index (χ0) is 12.5. The number of halogens is 3.